The SMILES string of the molecule is Cc1cc(CCN2C[C@H](O)C[C@H]2C(=O)NCc2ccccc2)on1. The Kier molecular flexibility index (Phi) is 5.27. The summed E-state index contributed by atoms with van der Waals surface area (Å²) < 4.78 is 5.21. The number of aliphatic hydroxyl groups excluding tert-OH is 1. The van der Waals surface area contributed by atoms with E-state index < -0.39 is 6.10 Å². The third-order valence-corrected chi connectivity index (χ3v) is 4.32. The minimum absolute atomic E-state index is 0.0378. The van der Waals surface area contributed by atoms with E-state index in [0.717, 1.165) is 17.0 Å². The summed E-state index contributed by atoms with van der Waals surface area (Å²) in [5, 5.41) is 16.8. The Morgan fingerprint density at radius 2 is 2.21 bits per heavy atom. The first-order chi connectivity index (χ1) is 11.6. The van der Waals surface area contributed by atoms with Gasteiger partial charge in [0, 0.05) is 32.1 Å². The molecule has 1 aliphatic rings. The highest BCUT2D eigenvalue weighted by Gasteiger charge is 2.35. The van der Waals surface area contributed by atoms with Gasteiger partial charge < -0.3 is 14.9 Å². The fraction of sp³-hybridized carbons (Fsp3) is 0.444. The minimum atomic E-state index is -0.464. The van der Waals surface area contributed by atoms with E-state index in [1.54, 1.807) is 0 Å². The summed E-state index contributed by atoms with van der Waals surface area (Å²) in [6.07, 6.45) is 0.681. The van der Waals surface area contributed by atoms with Crippen molar-refractivity contribution in [1.29, 1.82) is 0 Å². The van der Waals surface area contributed by atoms with Crippen LogP contribution in [-0.2, 0) is 17.8 Å². The number of hydrogen-bond acceptors (Lipinski definition) is 5. The molecule has 0 bridgehead atoms. The van der Waals surface area contributed by atoms with Crippen LogP contribution >= 0.6 is 0 Å². The molecule has 2 heterocycles. The maximum Gasteiger partial charge on any atom is 0.237 e. The van der Waals surface area contributed by atoms with E-state index >= 15 is 0 Å². The second kappa shape index (κ2) is 7.59. The fourth-order valence-corrected chi connectivity index (χ4v) is 3.09. The van der Waals surface area contributed by atoms with Gasteiger partial charge in [0.1, 0.15) is 5.76 Å². The monoisotopic (exact) mass is 329 g/mol. The number of aromatic nitrogens is 1. The molecular formula is C18H23N3O3. The second-order valence-electron chi connectivity index (χ2n) is 6.29. The standard InChI is InChI=1S/C18H23N3O3/c1-13-9-16(24-20-13)7-8-21-12-15(22)10-17(21)18(23)19-11-14-5-3-2-4-6-14/h2-6,9,15,17,22H,7-8,10-12H2,1H3,(H,19,23)/t15-,17+/m1/s1. The molecule has 1 saturated heterocycles. The molecule has 1 aromatic carbocycles. The molecular weight excluding hydrogens is 306 g/mol. The number of benzene rings is 1. The fourth-order valence-electron chi connectivity index (χ4n) is 3.09. The second-order valence-corrected chi connectivity index (χ2v) is 6.29. The molecule has 1 fully saturated rings. The number of aryl methyl sites for hydroxylation is 1. The number of hydrogen-bond donors (Lipinski definition) is 2. The lowest BCUT2D eigenvalue weighted by molar-refractivity contribution is -0.125. The average molecular weight is 329 g/mol. The number of nitrogens with zero attached hydrogens (tertiary/aromatic N) is 2. The molecule has 0 saturated carbocycles. The van der Waals surface area contributed by atoms with Crippen LogP contribution in [0.2, 0.25) is 0 Å². The van der Waals surface area contributed by atoms with Crippen molar-refractivity contribution >= 4 is 5.91 Å². The molecule has 24 heavy (non-hydrogen) atoms. The summed E-state index contributed by atoms with van der Waals surface area (Å²) in [6.45, 7) is 3.56. The number of nitrogens with one attached hydrogen (secondary N) is 1. The third-order valence-electron chi connectivity index (χ3n) is 4.32. The van der Waals surface area contributed by atoms with Gasteiger partial charge in [0.25, 0.3) is 0 Å². The Labute approximate surface area is 141 Å². The van der Waals surface area contributed by atoms with Crippen molar-refractivity contribution in [3.8, 4) is 0 Å². The lowest BCUT2D eigenvalue weighted by Gasteiger charge is -2.22. The molecule has 2 atom stereocenters. The predicted molar refractivity (Wildman–Crippen MR) is 89.2 cm³/mol. The van der Waals surface area contributed by atoms with Crippen LogP contribution in [0.5, 0.6) is 0 Å². The van der Waals surface area contributed by atoms with E-state index in [1.807, 2.05) is 48.2 Å². The normalized spacial score (nSPS) is 21.1. The Morgan fingerprint density at radius 1 is 1.42 bits per heavy atom. The molecule has 6 heteroatoms. The highest BCUT2D eigenvalue weighted by Crippen LogP contribution is 2.19. The smallest absolute Gasteiger partial charge is 0.237 e. The van der Waals surface area contributed by atoms with E-state index in [0.29, 0.717) is 32.5 Å². The Morgan fingerprint density at radius 3 is 2.92 bits per heavy atom. The van der Waals surface area contributed by atoms with Crippen molar-refractivity contribution in [2.75, 3.05) is 13.1 Å². The molecule has 1 aromatic heterocycles. The first-order valence-corrected chi connectivity index (χ1v) is 8.28. The van der Waals surface area contributed by atoms with Gasteiger partial charge in [0.05, 0.1) is 17.8 Å². The van der Waals surface area contributed by atoms with Gasteiger partial charge in [-0.3, -0.25) is 9.69 Å². The van der Waals surface area contributed by atoms with Gasteiger partial charge in [-0.1, -0.05) is 35.5 Å². The minimum Gasteiger partial charge on any atom is -0.392 e. The van der Waals surface area contributed by atoms with Crippen LogP contribution in [0.15, 0.2) is 40.9 Å². The lowest BCUT2D eigenvalue weighted by atomic mass is 10.1. The van der Waals surface area contributed by atoms with Crippen molar-refractivity contribution in [1.82, 2.24) is 15.4 Å². The zero-order valence-electron chi connectivity index (χ0n) is 13.8. The van der Waals surface area contributed by atoms with Gasteiger partial charge in [0.15, 0.2) is 0 Å². The van der Waals surface area contributed by atoms with Gasteiger partial charge in [0.2, 0.25) is 5.91 Å². The van der Waals surface area contributed by atoms with E-state index in [4.69, 9.17) is 4.52 Å². The van der Waals surface area contributed by atoms with Crippen molar-refractivity contribution in [2.45, 2.75) is 38.5 Å². The molecule has 1 aliphatic heterocycles. The molecule has 2 N–H and O–H groups in total. The van der Waals surface area contributed by atoms with Crippen molar-refractivity contribution in [3.63, 3.8) is 0 Å². The van der Waals surface area contributed by atoms with Gasteiger partial charge in [-0.05, 0) is 18.9 Å². The molecule has 0 aliphatic carbocycles. The van der Waals surface area contributed by atoms with Crippen molar-refractivity contribution in [3.05, 3.63) is 53.4 Å². The number of rotatable bonds is 6. The summed E-state index contributed by atoms with van der Waals surface area (Å²) in [5.74, 6) is 0.765. The van der Waals surface area contributed by atoms with Gasteiger partial charge in [-0.15, -0.1) is 0 Å². The van der Waals surface area contributed by atoms with Gasteiger partial charge in [-0.2, -0.15) is 0 Å². The summed E-state index contributed by atoms with van der Waals surface area (Å²) >= 11 is 0. The Balaban J connectivity index is 1.54. The van der Waals surface area contributed by atoms with Crippen molar-refractivity contribution in [2.24, 2.45) is 0 Å². The first-order valence-electron chi connectivity index (χ1n) is 8.28. The number of β-amino-alcohol motifs (C(OH)–C–C–N with tert-alkyl or cyclic N) is 1. The van der Waals surface area contributed by atoms with Crippen LogP contribution in [0, 0.1) is 6.92 Å². The van der Waals surface area contributed by atoms with Crippen LogP contribution in [0.25, 0.3) is 0 Å². The number of carbonyl (C=O) groups excluding carboxylic acids is 1. The van der Waals surface area contributed by atoms with E-state index in [-0.39, 0.29) is 11.9 Å². The number of aliphatic hydroxyl groups is 1. The average Bonchev–Trinajstić information content (AvgIpc) is 3.17. The molecule has 1 amide bonds. The number of carbonyl (C=O) groups is 1. The van der Waals surface area contributed by atoms with Crippen LogP contribution in [0.4, 0.5) is 0 Å². The Hall–Kier alpha value is -2.18. The van der Waals surface area contributed by atoms with Crippen LogP contribution in [0.1, 0.15) is 23.4 Å². The zero-order valence-corrected chi connectivity index (χ0v) is 13.8. The molecule has 0 spiro atoms. The molecule has 0 unspecified atom stereocenters. The molecule has 6 nitrogen and oxygen atoms in total. The predicted octanol–water partition coefficient (Wildman–Crippen LogP) is 1.28. The summed E-state index contributed by atoms with van der Waals surface area (Å²) in [7, 11) is 0. The largest absolute Gasteiger partial charge is 0.392 e. The maximum atomic E-state index is 12.5. The molecule has 0 radical (unpaired) electrons. The number of likely N-dealkylation sites (tertiary alicyclic amines) is 1. The van der Waals surface area contributed by atoms with Crippen LogP contribution in [0.3, 0.4) is 0 Å². The van der Waals surface area contributed by atoms with E-state index in [2.05, 4.69) is 10.5 Å². The van der Waals surface area contributed by atoms with Gasteiger partial charge in [-0.25, -0.2) is 0 Å². The van der Waals surface area contributed by atoms with Crippen LogP contribution < -0.4 is 5.32 Å². The van der Waals surface area contributed by atoms with Crippen LogP contribution in [-0.4, -0.2) is 46.3 Å². The third kappa shape index (κ3) is 4.21. The first kappa shape index (κ1) is 16.7. The molecule has 2 aromatic rings. The lowest BCUT2D eigenvalue weighted by Crippen LogP contribution is -2.43. The zero-order chi connectivity index (χ0) is 16.9. The summed E-state index contributed by atoms with van der Waals surface area (Å²) in [6, 6.07) is 11.4. The van der Waals surface area contributed by atoms with E-state index in [1.165, 1.54) is 0 Å². The highest BCUT2D eigenvalue weighted by atomic mass is 16.5. The number of amides is 1. The summed E-state index contributed by atoms with van der Waals surface area (Å²) in [4.78, 5) is 14.5. The van der Waals surface area contributed by atoms with Gasteiger partial charge >= 0.3 is 0 Å². The topological polar surface area (TPSA) is 78.6 Å². The van der Waals surface area contributed by atoms with E-state index in [9.17, 15) is 9.90 Å². The molecule has 128 valence electrons. The van der Waals surface area contributed by atoms with Crippen molar-refractivity contribution < 1.29 is 14.4 Å². The summed E-state index contributed by atoms with van der Waals surface area (Å²) in [5.41, 5.74) is 1.91. The quantitative estimate of drug-likeness (QED) is 0.835. The molecule has 3 rings (SSSR count). The highest BCUT2D eigenvalue weighted by molar-refractivity contribution is 5.82. The Bertz CT molecular complexity index is 671. The maximum absolute atomic E-state index is 12.5.